The molecule has 34 heavy (non-hydrogen) atoms. The molecular formula is C27H22N2O5. The Labute approximate surface area is 195 Å². The molecule has 2 N–H and O–H groups in total. The molecule has 0 bridgehead atoms. The number of nitrogens with one attached hydrogen (secondary N) is 2. The second-order valence-electron chi connectivity index (χ2n) is 7.98. The van der Waals surface area contributed by atoms with Crippen molar-refractivity contribution in [3.05, 3.63) is 89.4 Å². The molecule has 0 atom stereocenters. The predicted octanol–water partition coefficient (Wildman–Crippen LogP) is 6.31. The molecule has 0 radical (unpaired) electrons. The Morgan fingerprint density at radius 1 is 0.794 bits per heavy atom. The number of fused-ring (bicyclic) bond motifs is 2. The highest BCUT2D eigenvalue weighted by Gasteiger charge is 2.25. The number of hydrogen-bond donors (Lipinski definition) is 2. The van der Waals surface area contributed by atoms with Crippen LogP contribution in [0.3, 0.4) is 0 Å². The maximum atomic E-state index is 13.4. The molecule has 0 aliphatic rings. The van der Waals surface area contributed by atoms with Gasteiger partial charge < -0.3 is 24.2 Å². The van der Waals surface area contributed by atoms with E-state index in [4.69, 9.17) is 13.6 Å². The van der Waals surface area contributed by atoms with Gasteiger partial charge in [-0.15, -0.1) is 0 Å². The minimum Gasteiger partial charge on any atom is -0.497 e. The van der Waals surface area contributed by atoms with E-state index in [0.29, 0.717) is 50.4 Å². The van der Waals surface area contributed by atoms with Crippen molar-refractivity contribution in [2.24, 2.45) is 0 Å². The molecule has 7 nitrogen and oxygen atoms in total. The lowest BCUT2D eigenvalue weighted by Gasteiger charge is -2.08. The molecule has 0 aliphatic carbocycles. The SMILES string of the molecule is COc1ccc2oc(C)c(C(=O)Nc3c(C(=O)Nc4cccc(C)c4)oc4ccccc34)c2c1. The number of rotatable bonds is 5. The van der Waals surface area contributed by atoms with E-state index in [-0.39, 0.29) is 5.76 Å². The summed E-state index contributed by atoms with van der Waals surface area (Å²) in [6.07, 6.45) is 0. The van der Waals surface area contributed by atoms with Crippen molar-refractivity contribution in [2.45, 2.75) is 13.8 Å². The third kappa shape index (κ3) is 3.77. The van der Waals surface area contributed by atoms with Crippen LogP contribution in [0.1, 0.15) is 32.2 Å². The van der Waals surface area contributed by atoms with Crippen LogP contribution in [0.15, 0.2) is 75.6 Å². The Kier molecular flexibility index (Phi) is 5.30. The topological polar surface area (TPSA) is 93.7 Å². The first-order valence-electron chi connectivity index (χ1n) is 10.7. The molecule has 0 fully saturated rings. The van der Waals surface area contributed by atoms with Crippen molar-refractivity contribution in [3.8, 4) is 5.75 Å². The minimum atomic E-state index is -0.465. The van der Waals surface area contributed by atoms with E-state index in [1.807, 2.05) is 31.2 Å². The number of para-hydroxylation sites is 1. The summed E-state index contributed by atoms with van der Waals surface area (Å²) in [5.74, 6) is 0.195. The Morgan fingerprint density at radius 3 is 2.38 bits per heavy atom. The van der Waals surface area contributed by atoms with Crippen molar-refractivity contribution < 1.29 is 23.2 Å². The van der Waals surface area contributed by atoms with Crippen LogP contribution < -0.4 is 15.4 Å². The quantitative estimate of drug-likeness (QED) is 0.325. The number of methoxy groups -OCH3 is 1. The summed E-state index contributed by atoms with van der Waals surface area (Å²) in [7, 11) is 1.56. The molecule has 0 spiro atoms. The summed E-state index contributed by atoms with van der Waals surface area (Å²) in [6.45, 7) is 3.66. The van der Waals surface area contributed by atoms with Gasteiger partial charge in [-0.1, -0.05) is 24.3 Å². The van der Waals surface area contributed by atoms with Gasteiger partial charge in [0.1, 0.15) is 28.4 Å². The van der Waals surface area contributed by atoms with Gasteiger partial charge >= 0.3 is 0 Å². The summed E-state index contributed by atoms with van der Waals surface area (Å²) < 4.78 is 16.9. The van der Waals surface area contributed by atoms with Crippen LogP contribution >= 0.6 is 0 Å². The van der Waals surface area contributed by atoms with Crippen LogP contribution in [-0.2, 0) is 0 Å². The van der Waals surface area contributed by atoms with Gasteiger partial charge in [-0.3, -0.25) is 9.59 Å². The second-order valence-corrected chi connectivity index (χ2v) is 7.98. The van der Waals surface area contributed by atoms with Crippen molar-refractivity contribution >= 4 is 45.1 Å². The van der Waals surface area contributed by atoms with E-state index >= 15 is 0 Å². The van der Waals surface area contributed by atoms with Crippen molar-refractivity contribution in [2.75, 3.05) is 17.7 Å². The van der Waals surface area contributed by atoms with Gasteiger partial charge in [0, 0.05) is 16.5 Å². The van der Waals surface area contributed by atoms with E-state index in [9.17, 15) is 9.59 Å². The van der Waals surface area contributed by atoms with E-state index < -0.39 is 11.8 Å². The molecule has 0 saturated carbocycles. The number of furan rings is 2. The van der Waals surface area contributed by atoms with Crippen LogP contribution in [0.2, 0.25) is 0 Å². The minimum absolute atomic E-state index is 0.0130. The third-order valence-electron chi connectivity index (χ3n) is 5.61. The molecule has 0 unspecified atom stereocenters. The lowest BCUT2D eigenvalue weighted by molar-refractivity contribution is 0.0999. The first-order valence-corrected chi connectivity index (χ1v) is 10.7. The summed E-state index contributed by atoms with van der Waals surface area (Å²) in [6, 6.07) is 19.9. The highest BCUT2D eigenvalue weighted by Crippen LogP contribution is 2.34. The molecule has 3 aromatic carbocycles. The van der Waals surface area contributed by atoms with Gasteiger partial charge in [-0.2, -0.15) is 0 Å². The van der Waals surface area contributed by atoms with E-state index in [1.165, 1.54) is 0 Å². The summed E-state index contributed by atoms with van der Waals surface area (Å²) in [4.78, 5) is 26.6. The van der Waals surface area contributed by atoms with E-state index in [2.05, 4.69) is 10.6 Å². The largest absolute Gasteiger partial charge is 0.497 e. The normalized spacial score (nSPS) is 11.0. The Bertz CT molecular complexity index is 1560. The van der Waals surface area contributed by atoms with Gasteiger partial charge in [0.25, 0.3) is 11.8 Å². The predicted molar refractivity (Wildman–Crippen MR) is 131 cm³/mol. The van der Waals surface area contributed by atoms with Crippen LogP contribution in [0.25, 0.3) is 21.9 Å². The smallest absolute Gasteiger partial charge is 0.293 e. The maximum absolute atomic E-state index is 13.4. The molecule has 5 aromatic rings. The fraction of sp³-hybridized carbons (Fsp3) is 0.111. The molecule has 2 aromatic heterocycles. The van der Waals surface area contributed by atoms with Gasteiger partial charge in [0.2, 0.25) is 5.76 Å². The summed E-state index contributed by atoms with van der Waals surface area (Å²) >= 11 is 0. The van der Waals surface area contributed by atoms with Crippen molar-refractivity contribution in [1.29, 1.82) is 0 Å². The molecule has 170 valence electrons. The fourth-order valence-corrected chi connectivity index (χ4v) is 4.02. The average Bonchev–Trinajstić information content (AvgIpc) is 3.35. The molecule has 2 heterocycles. The zero-order valence-electron chi connectivity index (χ0n) is 18.9. The van der Waals surface area contributed by atoms with Gasteiger partial charge in [0.15, 0.2) is 0 Å². The number of anilines is 2. The van der Waals surface area contributed by atoms with Crippen molar-refractivity contribution in [3.63, 3.8) is 0 Å². The fourth-order valence-electron chi connectivity index (χ4n) is 4.02. The van der Waals surface area contributed by atoms with Crippen LogP contribution in [0, 0.1) is 13.8 Å². The molecule has 2 amide bonds. The maximum Gasteiger partial charge on any atom is 0.293 e. The number of ether oxygens (including phenoxy) is 1. The lowest BCUT2D eigenvalue weighted by atomic mass is 10.1. The first-order chi connectivity index (χ1) is 16.4. The highest BCUT2D eigenvalue weighted by molar-refractivity contribution is 6.19. The number of amides is 2. The van der Waals surface area contributed by atoms with Gasteiger partial charge in [-0.05, 0) is 61.9 Å². The second kappa shape index (κ2) is 8.44. The molecule has 7 heteroatoms. The van der Waals surface area contributed by atoms with Crippen molar-refractivity contribution in [1.82, 2.24) is 0 Å². The Morgan fingerprint density at radius 2 is 1.59 bits per heavy atom. The van der Waals surface area contributed by atoms with E-state index in [0.717, 1.165) is 5.56 Å². The number of aryl methyl sites for hydroxylation is 2. The number of carbonyl (C=O) groups excluding carboxylic acids is 2. The average molecular weight is 454 g/mol. The number of hydrogen-bond acceptors (Lipinski definition) is 5. The zero-order valence-corrected chi connectivity index (χ0v) is 18.9. The zero-order chi connectivity index (χ0) is 23.8. The molecule has 0 aliphatic heterocycles. The van der Waals surface area contributed by atoms with Gasteiger partial charge in [0.05, 0.1) is 12.7 Å². The Balaban J connectivity index is 1.55. The van der Waals surface area contributed by atoms with E-state index in [1.54, 1.807) is 56.5 Å². The molecule has 0 saturated heterocycles. The lowest BCUT2D eigenvalue weighted by Crippen LogP contribution is -2.17. The summed E-state index contributed by atoms with van der Waals surface area (Å²) in [5.41, 5.74) is 3.35. The Hall–Kier alpha value is -4.52. The van der Waals surface area contributed by atoms with Crippen LogP contribution in [0.5, 0.6) is 5.75 Å². The number of carbonyl (C=O) groups is 2. The number of benzene rings is 3. The first kappa shape index (κ1) is 21.3. The standard InChI is InChI=1S/C27H22N2O5/c1-15-7-6-8-17(13-15)28-27(31)25-24(19-9-4-5-10-21(19)34-25)29-26(30)23-16(2)33-22-12-11-18(32-3)14-20(22)23/h4-14H,1-3H3,(H,28,31)(H,29,30). The monoisotopic (exact) mass is 454 g/mol. The molecule has 5 rings (SSSR count). The van der Waals surface area contributed by atoms with Crippen LogP contribution in [0.4, 0.5) is 11.4 Å². The highest BCUT2D eigenvalue weighted by atomic mass is 16.5. The van der Waals surface area contributed by atoms with Crippen LogP contribution in [-0.4, -0.2) is 18.9 Å². The summed E-state index contributed by atoms with van der Waals surface area (Å²) in [5, 5.41) is 6.97. The van der Waals surface area contributed by atoms with Gasteiger partial charge in [-0.25, -0.2) is 0 Å². The third-order valence-corrected chi connectivity index (χ3v) is 5.61. The molecular weight excluding hydrogens is 432 g/mol.